The van der Waals surface area contributed by atoms with Crippen LogP contribution in [0, 0.1) is 0 Å². The van der Waals surface area contributed by atoms with Crippen molar-refractivity contribution in [2.24, 2.45) is 5.73 Å². The Balaban J connectivity index is 2.55. The second kappa shape index (κ2) is 4.22. The second-order valence-corrected chi connectivity index (χ2v) is 4.49. The molecule has 5 heteroatoms. The molecule has 0 fully saturated rings. The van der Waals surface area contributed by atoms with Crippen LogP contribution in [0.3, 0.4) is 0 Å². The van der Waals surface area contributed by atoms with E-state index in [1.54, 1.807) is 18.0 Å². The Kier molecular flexibility index (Phi) is 3.03. The minimum absolute atomic E-state index is 0.0674. The van der Waals surface area contributed by atoms with Crippen molar-refractivity contribution < 1.29 is 13.2 Å². The lowest BCUT2D eigenvalue weighted by atomic mass is 10.0. The quantitative estimate of drug-likeness (QED) is 0.759. The van der Waals surface area contributed by atoms with Gasteiger partial charge in [-0.3, -0.25) is 0 Å². The molecule has 1 atom stereocenters. The van der Waals surface area contributed by atoms with Crippen LogP contribution in [0.5, 0.6) is 0 Å². The zero-order valence-electron chi connectivity index (χ0n) is 9.59. The summed E-state index contributed by atoms with van der Waals surface area (Å²) in [5.74, 6) is 0. The molecule has 0 aromatic heterocycles. The molecule has 0 saturated carbocycles. The number of benzene rings is 1. The predicted octanol–water partition coefficient (Wildman–Crippen LogP) is 2.42. The van der Waals surface area contributed by atoms with Crippen LogP contribution in [0.25, 0.3) is 0 Å². The van der Waals surface area contributed by atoms with Gasteiger partial charge in [0.15, 0.2) is 0 Å². The highest BCUT2D eigenvalue weighted by atomic mass is 19.4. The molecular formula is C12H15F3N2. The van der Waals surface area contributed by atoms with Crippen LogP contribution in [0.1, 0.15) is 17.5 Å². The van der Waals surface area contributed by atoms with Gasteiger partial charge in [0.05, 0.1) is 11.3 Å². The SMILES string of the molecule is CN1CCC(N)Cc2cccc(C(F)(F)F)c21. The summed E-state index contributed by atoms with van der Waals surface area (Å²) >= 11 is 0. The minimum Gasteiger partial charge on any atom is -0.374 e. The summed E-state index contributed by atoms with van der Waals surface area (Å²) in [6.07, 6.45) is -3.10. The van der Waals surface area contributed by atoms with E-state index in [1.165, 1.54) is 6.07 Å². The van der Waals surface area contributed by atoms with Gasteiger partial charge in [0.2, 0.25) is 0 Å². The number of rotatable bonds is 0. The number of para-hydroxylation sites is 1. The Morgan fingerprint density at radius 3 is 2.71 bits per heavy atom. The van der Waals surface area contributed by atoms with Gasteiger partial charge in [0.25, 0.3) is 0 Å². The first-order valence-electron chi connectivity index (χ1n) is 5.55. The molecular weight excluding hydrogens is 229 g/mol. The van der Waals surface area contributed by atoms with Crippen molar-refractivity contribution in [3.63, 3.8) is 0 Å². The lowest BCUT2D eigenvalue weighted by Crippen LogP contribution is -2.26. The minimum atomic E-state index is -4.31. The molecule has 1 aliphatic rings. The van der Waals surface area contributed by atoms with Gasteiger partial charge >= 0.3 is 6.18 Å². The number of nitrogens with two attached hydrogens (primary N) is 1. The first kappa shape index (κ1) is 12.2. The van der Waals surface area contributed by atoms with E-state index in [9.17, 15) is 13.2 Å². The number of nitrogens with zero attached hydrogens (tertiary/aromatic N) is 1. The molecule has 94 valence electrons. The zero-order chi connectivity index (χ0) is 12.6. The maximum absolute atomic E-state index is 12.9. The van der Waals surface area contributed by atoms with Crippen molar-refractivity contribution >= 4 is 5.69 Å². The third-order valence-electron chi connectivity index (χ3n) is 3.12. The van der Waals surface area contributed by atoms with Crippen molar-refractivity contribution in [3.8, 4) is 0 Å². The molecule has 0 aliphatic carbocycles. The summed E-state index contributed by atoms with van der Waals surface area (Å²) in [5.41, 5.74) is 6.27. The van der Waals surface area contributed by atoms with Gasteiger partial charge in [-0.1, -0.05) is 12.1 Å². The van der Waals surface area contributed by atoms with E-state index in [2.05, 4.69) is 0 Å². The second-order valence-electron chi connectivity index (χ2n) is 4.49. The molecule has 0 bridgehead atoms. The molecule has 2 N–H and O–H groups in total. The first-order chi connectivity index (χ1) is 7.89. The van der Waals surface area contributed by atoms with Gasteiger partial charge in [0.1, 0.15) is 0 Å². The van der Waals surface area contributed by atoms with Crippen LogP contribution < -0.4 is 10.6 Å². The van der Waals surface area contributed by atoms with Gasteiger partial charge in [-0.2, -0.15) is 13.2 Å². The van der Waals surface area contributed by atoms with Gasteiger partial charge in [-0.25, -0.2) is 0 Å². The monoisotopic (exact) mass is 244 g/mol. The molecule has 17 heavy (non-hydrogen) atoms. The molecule has 0 radical (unpaired) electrons. The maximum atomic E-state index is 12.9. The number of hydrogen-bond acceptors (Lipinski definition) is 2. The van der Waals surface area contributed by atoms with Crippen LogP contribution >= 0.6 is 0 Å². The summed E-state index contributed by atoms with van der Waals surface area (Å²) in [6.45, 7) is 0.557. The average Bonchev–Trinajstić information content (AvgIpc) is 2.37. The van der Waals surface area contributed by atoms with Gasteiger partial charge in [-0.05, 0) is 24.5 Å². The smallest absolute Gasteiger partial charge is 0.374 e. The lowest BCUT2D eigenvalue weighted by molar-refractivity contribution is -0.137. The fraction of sp³-hybridized carbons (Fsp3) is 0.500. The number of hydrogen-bond donors (Lipinski definition) is 1. The van der Waals surface area contributed by atoms with E-state index < -0.39 is 11.7 Å². The molecule has 1 aliphatic heterocycles. The van der Waals surface area contributed by atoms with E-state index in [4.69, 9.17) is 5.73 Å². The molecule has 2 nitrogen and oxygen atoms in total. The van der Waals surface area contributed by atoms with E-state index >= 15 is 0 Å². The molecule has 1 heterocycles. The van der Waals surface area contributed by atoms with Crippen LogP contribution in [-0.2, 0) is 12.6 Å². The molecule has 0 spiro atoms. The Morgan fingerprint density at radius 1 is 1.35 bits per heavy atom. The van der Waals surface area contributed by atoms with Gasteiger partial charge < -0.3 is 10.6 Å². The number of alkyl halides is 3. The molecule has 1 aromatic rings. The predicted molar refractivity (Wildman–Crippen MR) is 61.0 cm³/mol. The molecule has 1 aromatic carbocycles. The standard InChI is InChI=1S/C12H15F3N2/c1-17-6-5-9(16)7-8-3-2-4-10(11(8)17)12(13,14)15/h2-4,9H,5-7,16H2,1H3. The molecule has 0 amide bonds. The third kappa shape index (κ3) is 2.39. The molecule has 0 saturated heterocycles. The fourth-order valence-electron chi connectivity index (χ4n) is 2.29. The number of halogens is 3. The largest absolute Gasteiger partial charge is 0.418 e. The number of anilines is 1. The van der Waals surface area contributed by atoms with E-state index in [0.717, 1.165) is 6.07 Å². The van der Waals surface area contributed by atoms with Crippen molar-refractivity contribution in [3.05, 3.63) is 29.3 Å². The Morgan fingerprint density at radius 2 is 2.06 bits per heavy atom. The average molecular weight is 244 g/mol. The van der Waals surface area contributed by atoms with Crippen molar-refractivity contribution in [2.75, 3.05) is 18.5 Å². The molecule has 2 rings (SSSR count). The Labute approximate surface area is 98.2 Å². The van der Waals surface area contributed by atoms with Gasteiger partial charge in [-0.15, -0.1) is 0 Å². The third-order valence-corrected chi connectivity index (χ3v) is 3.12. The zero-order valence-corrected chi connectivity index (χ0v) is 9.59. The normalized spacial score (nSPS) is 21.0. The topological polar surface area (TPSA) is 29.3 Å². The highest BCUT2D eigenvalue weighted by Gasteiger charge is 2.36. The van der Waals surface area contributed by atoms with Crippen LogP contribution in [0.15, 0.2) is 18.2 Å². The van der Waals surface area contributed by atoms with Crippen LogP contribution in [0.4, 0.5) is 18.9 Å². The summed E-state index contributed by atoms with van der Waals surface area (Å²) in [5, 5.41) is 0. The summed E-state index contributed by atoms with van der Waals surface area (Å²) in [7, 11) is 1.69. The van der Waals surface area contributed by atoms with Crippen molar-refractivity contribution in [1.82, 2.24) is 0 Å². The van der Waals surface area contributed by atoms with Crippen molar-refractivity contribution in [1.29, 1.82) is 0 Å². The van der Waals surface area contributed by atoms with E-state index in [0.29, 0.717) is 24.9 Å². The van der Waals surface area contributed by atoms with E-state index in [-0.39, 0.29) is 11.7 Å². The van der Waals surface area contributed by atoms with Crippen LogP contribution in [0.2, 0.25) is 0 Å². The lowest BCUT2D eigenvalue weighted by Gasteiger charge is -2.23. The van der Waals surface area contributed by atoms with E-state index in [1.807, 2.05) is 0 Å². The number of fused-ring (bicyclic) bond motifs is 1. The first-order valence-corrected chi connectivity index (χ1v) is 5.55. The van der Waals surface area contributed by atoms with Crippen molar-refractivity contribution in [2.45, 2.75) is 25.1 Å². The van der Waals surface area contributed by atoms with Gasteiger partial charge in [0, 0.05) is 19.6 Å². The van der Waals surface area contributed by atoms with Crippen LogP contribution in [-0.4, -0.2) is 19.6 Å². The summed E-state index contributed by atoms with van der Waals surface area (Å²) in [6, 6.07) is 4.24. The summed E-state index contributed by atoms with van der Waals surface area (Å²) < 4.78 is 38.8. The highest BCUT2D eigenvalue weighted by Crippen LogP contribution is 2.39. The fourth-order valence-corrected chi connectivity index (χ4v) is 2.29. The maximum Gasteiger partial charge on any atom is 0.418 e. The Bertz CT molecular complexity index is 415. The Hall–Kier alpha value is -1.23. The summed E-state index contributed by atoms with van der Waals surface area (Å²) in [4.78, 5) is 1.66. The highest BCUT2D eigenvalue weighted by molar-refractivity contribution is 5.61. The molecule has 1 unspecified atom stereocenters.